The highest BCUT2D eigenvalue weighted by Crippen LogP contribution is 2.25. The van der Waals surface area contributed by atoms with E-state index in [1.165, 1.54) is 18.2 Å². The molecule has 1 fully saturated rings. The zero-order valence-electron chi connectivity index (χ0n) is 15.0. The Morgan fingerprint density at radius 1 is 1.28 bits per heavy atom. The molecule has 0 atom stereocenters. The molecule has 14 heteroatoms. The van der Waals surface area contributed by atoms with Crippen molar-refractivity contribution >= 4 is 43.5 Å². The third-order valence-electron chi connectivity index (χ3n) is 4.36. The van der Waals surface area contributed by atoms with Crippen molar-refractivity contribution < 1.29 is 22.6 Å². The molecular formula is C15H19BrFN7O4S. The van der Waals surface area contributed by atoms with E-state index >= 15 is 0 Å². The number of benzene rings is 1. The van der Waals surface area contributed by atoms with Crippen LogP contribution in [-0.4, -0.2) is 41.9 Å². The quantitative estimate of drug-likeness (QED) is 0.230. The normalized spacial score (nSPS) is 20.5. The van der Waals surface area contributed by atoms with Gasteiger partial charge in [-0.05, 0) is 70.1 Å². The van der Waals surface area contributed by atoms with E-state index in [1.54, 1.807) is 0 Å². The number of rotatable bonds is 6. The maximum atomic E-state index is 13.4. The Morgan fingerprint density at radius 2 is 1.97 bits per heavy atom. The van der Waals surface area contributed by atoms with Gasteiger partial charge in [0.05, 0.1) is 10.2 Å². The van der Waals surface area contributed by atoms with Crippen LogP contribution in [0.2, 0.25) is 0 Å². The van der Waals surface area contributed by atoms with Gasteiger partial charge in [-0.25, -0.2) is 19.2 Å². The number of anilines is 1. The largest absolute Gasteiger partial charge is 0.363 e. The summed E-state index contributed by atoms with van der Waals surface area (Å²) in [4.78, 5) is 4.19. The van der Waals surface area contributed by atoms with E-state index in [0.29, 0.717) is 31.4 Å². The lowest BCUT2D eigenvalue weighted by Gasteiger charge is -2.28. The van der Waals surface area contributed by atoms with Crippen molar-refractivity contribution in [3.63, 3.8) is 0 Å². The van der Waals surface area contributed by atoms with Crippen LogP contribution in [0.3, 0.4) is 0 Å². The molecule has 1 aliphatic carbocycles. The van der Waals surface area contributed by atoms with Crippen molar-refractivity contribution in [3.05, 3.63) is 34.2 Å². The summed E-state index contributed by atoms with van der Waals surface area (Å²) in [6.45, 7) is 0. The molecule has 1 aliphatic rings. The zero-order chi connectivity index (χ0) is 21.0. The van der Waals surface area contributed by atoms with Crippen LogP contribution >= 0.6 is 15.9 Å². The Balaban J connectivity index is 1.70. The zero-order valence-corrected chi connectivity index (χ0v) is 17.4. The van der Waals surface area contributed by atoms with Gasteiger partial charge in [-0.15, -0.1) is 0 Å². The fourth-order valence-corrected chi connectivity index (χ4v) is 4.10. The lowest BCUT2D eigenvalue weighted by Crippen LogP contribution is -2.43. The number of hydroxylamine groups is 1. The number of aliphatic imine (C=N–C) groups is 1. The molecule has 0 unspecified atom stereocenters. The second-order valence-corrected chi connectivity index (χ2v) is 8.67. The predicted molar refractivity (Wildman–Crippen MR) is 105 cm³/mol. The molecule has 0 saturated heterocycles. The van der Waals surface area contributed by atoms with Gasteiger partial charge in [0.25, 0.3) is 10.2 Å². The predicted octanol–water partition coefficient (Wildman–Crippen LogP) is 1.54. The van der Waals surface area contributed by atoms with Crippen molar-refractivity contribution in [3.8, 4) is 0 Å². The fraction of sp³-hybridized carbons (Fsp3) is 0.400. The summed E-state index contributed by atoms with van der Waals surface area (Å²) in [5, 5.41) is 25.2. The molecule has 0 spiro atoms. The van der Waals surface area contributed by atoms with Crippen LogP contribution in [0.25, 0.3) is 0 Å². The SMILES string of the molecule is NS(=O)(=O)N[C@H]1CC[C@@H](Nc2nonc2/C(=N/c2ccc(F)c(Br)c2)NO)CC1. The summed E-state index contributed by atoms with van der Waals surface area (Å²) < 4.78 is 43.0. The molecule has 1 aromatic carbocycles. The highest BCUT2D eigenvalue weighted by atomic mass is 79.9. The number of hydrogen-bond donors (Lipinski definition) is 5. The summed E-state index contributed by atoms with van der Waals surface area (Å²) in [5.41, 5.74) is 2.44. The highest BCUT2D eigenvalue weighted by molar-refractivity contribution is 9.10. The second-order valence-electron chi connectivity index (χ2n) is 6.49. The lowest BCUT2D eigenvalue weighted by molar-refractivity contribution is 0.234. The monoisotopic (exact) mass is 491 g/mol. The van der Waals surface area contributed by atoms with Gasteiger partial charge in [-0.2, -0.15) is 13.1 Å². The molecule has 1 saturated carbocycles. The topological polar surface area (TPSA) is 168 Å². The molecule has 1 heterocycles. The van der Waals surface area contributed by atoms with Gasteiger partial charge in [0.15, 0.2) is 11.5 Å². The molecule has 29 heavy (non-hydrogen) atoms. The minimum Gasteiger partial charge on any atom is -0.363 e. The van der Waals surface area contributed by atoms with Gasteiger partial charge in [0, 0.05) is 12.1 Å². The standard InChI is InChI=1S/C15H19BrFN7O4S/c16-11-7-10(5-6-12(11)17)20-14(21-25)13-15(23-28-22-13)19-8-1-3-9(4-2-8)24-29(18,26)27/h5-9,24-25H,1-4H2,(H,19,23)(H,20,21)(H2,18,26,27)/t8-,9+. The molecule has 1 aromatic heterocycles. The van der Waals surface area contributed by atoms with E-state index in [0.717, 1.165) is 0 Å². The van der Waals surface area contributed by atoms with Crippen LogP contribution in [0.1, 0.15) is 31.4 Å². The summed E-state index contributed by atoms with van der Waals surface area (Å²) in [7, 11) is -3.73. The minimum absolute atomic E-state index is 0.0147. The summed E-state index contributed by atoms with van der Waals surface area (Å²) in [5.74, 6) is -0.230. The van der Waals surface area contributed by atoms with Crippen LogP contribution in [0, 0.1) is 5.82 Å². The van der Waals surface area contributed by atoms with Crippen LogP contribution in [-0.2, 0) is 10.2 Å². The van der Waals surface area contributed by atoms with Crippen molar-refractivity contribution in [2.45, 2.75) is 37.8 Å². The number of halogens is 2. The minimum atomic E-state index is -3.73. The molecule has 0 bridgehead atoms. The molecule has 6 N–H and O–H groups in total. The Labute approximate surface area is 174 Å². The third-order valence-corrected chi connectivity index (χ3v) is 5.63. The Morgan fingerprint density at radius 3 is 2.59 bits per heavy atom. The first-order chi connectivity index (χ1) is 13.7. The van der Waals surface area contributed by atoms with Gasteiger partial charge in [0.2, 0.25) is 5.82 Å². The maximum Gasteiger partial charge on any atom is 0.274 e. The molecule has 0 aliphatic heterocycles. The number of nitrogens with two attached hydrogens (primary N) is 1. The van der Waals surface area contributed by atoms with E-state index in [1.807, 2.05) is 5.48 Å². The average molecular weight is 492 g/mol. The maximum absolute atomic E-state index is 13.4. The first-order valence-electron chi connectivity index (χ1n) is 8.58. The van der Waals surface area contributed by atoms with E-state index in [-0.39, 0.29) is 33.9 Å². The smallest absolute Gasteiger partial charge is 0.274 e. The van der Waals surface area contributed by atoms with Gasteiger partial charge in [0.1, 0.15) is 5.82 Å². The Kier molecular flexibility index (Phi) is 6.79. The summed E-state index contributed by atoms with van der Waals surface area (Å²) >= 11 is 3.07. The molecule has 3 rings (SSSR count). The summed E-state index contributed by atoms with van der Waals surface area (Å²) in [6, 6.07) is 3.86. The van der Waals surface area contributed by atoms with Crippen molar-refractivity contribution in [1.82, 2.24) is 20.5 Å². The molecular weight excluding hydrogens is 473 g/mol. The second kappa shape index (κ2) is 9.13. The summed E-state index contributed by atoms with van der Waals surface area (Å²) in [6.07, 6.45) is 2.50. The van der Waals surface area contributed by atoms with E-state index in [2.05, 4.69) is 41.3 Å². The number of amidine groups is 1. The Hall–Kier alpha value is -2.13. The van der Waals surface area contributed by atoms with Crippen LogP contribution < -0.4 is 20.7 Å². The van der Waals surface area contributed by atoms with Crippen molar-refractivity contribution in [2.24, 2.45) is 10.1 Å². The third kappa shape index (κ3) is 5.93. The molecule has 2 aromatic rings. The lowest BCUT2D eigenvalue weighted by atomic mass is 9.92. The number of nitrogens with one attached hydrogen (secondary N) is 3. The molecule has 0 amide bonds. The number of hydrogen-bond acceptors (Lipinski definition) is 8. The highest BCUT2D eigenvalue weighted by Gasteiger charge is 2.26. The first kappa shape index (κ1) is 21.6. The van der Waals surface area contributed by atoms with Crippen LogP contribution in [0.4, 0.5) is 15.9 Å². The number of nitrogens with zero attached hydrogens (tertiary/aromatic N) is 3. The van der Waals surface area contributed by atoms with E-state index in [4.69, 9.17) is 9.77 Å². The molecule has 158 valence electrons. The van der Waals surface area contributed by atoms with Crippen molar-refractivity contribution in [1.29, 1.82) is 0 Å². The number of aromatic nitrogens is 2. The molecule has 0 radical (unpaired) electrons. The van der Waals surface area contributed by atoms with E-state index < -0.39 is 16.0 Å². The average Bonchev–Trinajstić information content (AvgIpc) is 3.11. The fourth-order valence-electron chi connectivity index (χ4n) is 3.03. The van der Waals surface area contributed by atoms with Crippen LogP contribution in [0.5, 0.6) is 0 Å². The van der Waals surface area contributed by atoms with Crippen molar-refractivity contribution in [2.75, 3.05) is 5.32 Å². The van der Waals surface area contributed by atoms with E-state index in [9.17, 15) is 18.0 Å². The van der Waals surface area contributed by atoms with Gasteiger partial charge >= 0.3 is 0 Å². The van der Waals surface area contributed by atoms with Gasteiger partial charge in [-0.1, -0.05) is 0 Å². The first-order valence-corrected chi connectivity index (χ1v) is 10.9. The Bertz CT molecular complexity index is 992. The van der Waals surface area contributed by atoms with Gasteiger partial charge < -0.3 is 5.32 Å². The van der Waals surface area contributed by atoms with Crippen LogP contribution in [0.15, 0.2) is 32.3 Å². The molecule has 11 nitrogen and oxygen atoms in total. The van der Waals surface area contributed by atoms with Gasteiger partial charge in [-0.3, -0.25) is 10.7 Å².